The molecule has 0 atom stereocenters. The van der Waals surface area contributed by atoms with Crippen LogP contribution in [-0.4, -0.2) is 38.0 Å². The summed E-state index contributed by atoms with van der Waals surface area (Å²) >= 11 is 5.06. The molecule has 0 aromatic heterocycles. The summed E-state index contributed by atoms with van der Waals surface area (Å²) < 4.78 is 6.46. The molecule has 0 aliphatic carbocycles. The maximum Gasteiger partial charge on any atom is 0.230 e. The van der Waals surface area contributed by atoms with Crippen LogP contribution in [0, 0.1) is 0 Å². The molecule has 1 heterocycles. The predicted octanol–water partition coefficient (Wildman–Crippen LogP) is 3.84. The van der Waals surface area contributed by atoms with Crippen LogP contribution in [0.25, 0.3) is 0 Å². The lowest BCUT2D eigenvalue weighted by molar-refractivity contribution is -0.118. The number of nitrogens with zero attached hydrogens (tertiary/aromatic N) is 1. The van der Waals surface area contributed by atoms with Crippen molar-refractivity contribution in [1.82, 2.24) is 5.32 Å². The smallest absolute Gasteiger partial charge is 0.230 e. The molecule has 4 nitrogen and oxygen atoms in total. The summed E-state index contributed by atoms with van der Waals surface area (Å²) in [5.41, 5.74) is 3.56. The van der Waals surface area contributed by atoms with Crippen LogP contribution in [0.2, 0.25) is 0 Å². The monoisotopic (exact) mass is 434 g/mol. The van der Waals surface area contributed by atoms with Gasteiger partial charge in [-0.2, -0.15) is 0 Å². The minimum atomic E-state index is 0.0735. The number of ether oxygens (including phenoxy) is 1. The quantitative estimate of drug-likeness (QED) is 0.718. The van der Waals surface area contributed by atoms with Gasteiger partial charge in [0.25, 0.3) is 0 Å². The van der Waals surface area contributed by atoms with Crippen LogP contribution in [0.4, 0.5) is 5.69 Å². The van der Waals surface area contributed by atoms with Gasteiger partial charge in [-0.3, -0.25) is 4.79 Å². The first-order valence-corrected chi connectivity index (χ1v) is 10.7. The van der Waals surface area contributed by atoms with E-state index in [1.807, 2.05) is 12.1 Å². The van der Waals surface area contributed by atoms with Crippen LogP contribution in [0.5, 0.6) is 0 Å². The molecule has 0 spiro atoms. The van der Waals surface area contributed by atoms with E-state index in [4.69, 9.17) is 4.74 Å². The summed E-state index contributed by atoms with van der Waals surface area (Å²) in [4.78, 5) is 14.3. The Hall–Kier alpha value is -1.50. The zero-order chi connectivity index (χ0) is 18.2. The van der Waals surface area contributed by atoms with Gasteiger partial charge < -0.3 is 15.0 Å². The van der Waals surface area contributed by atoms with Crippen molar-refractivity contribution in [1.29, 1.82) is 0 Å². The lowest BCUT2D eigenvalue weighted by Crippen LogP contribution is -2.36. The summed E-state index contributed by atoms with van der Waals surface area (Å²) in [6.45, 7) is 4.02. The third-order valence-corrected chi connectivity index (χ3v) is 5.75. The van der Waals surface area contributed by atoms with Gasteiger partial charge in [-0.1, -0.05) is 40.2 Å². The molecule has 1 aliphatic heterocycles. The summed E-state index contributed by atoms with van der Waals surface area (Å²) in [6, 6.07) is 16.6. The highest BCUT2D eigenvalue weighted by Crippen LogP contribution is 2.17. The van der Waals surface area contributed by atoms with Crippen molar-refractivity contribution < 1.29 is 9.53 Å². The Bertz CT molecular complexity index is 701. The molecule has 1 saturated heterocycles. The number of hydrogen-bond acceptors (Lipinski definition) is 4. The van der Waals surface area contributed by atoms with Crippen molar-refractivity contribution >= 4 is 39.3 Å². The Morgan fingerprint density at radius 3 is 2.38 bits per heavy atom. The van der Waals surface area contributed by atoms with Crippen LogP contribution in [-0.2, 0) is 21.8 Å². The topological polar surface area (TPSA) is 41.6 Å². The van der Waals surface area contributed by atoms with Gasteiger partial charge in [0.15, 0.2) is 0 Å². The Balaban J connectivity index is 1.37. The Morgan fingerprint density at radius 2 is 1.69 bits per heavy atom. The summed E-state index contributed by atoms with van der Waals surface area (Å²) in [5.74, 6) is 1.39. The maximum atomic E-state index is 12.0. The minimum absolute atomic E-state index is 0.0735. The van der Waals surface area contributed by atoms with E-state index in [-0.39, 0.29) is 5.91 Å². The Kier molecular flexibility index (Phi) is 7.41. The first-order chi connectivity index (χ1) is 12.7. The molecule has 1 amide bonds. The Labute approximate surface area is 167 Å². The highest BCUT2D eigenvalue weighted by Gasteiger charge is 2.10. The van der Waals surface area contributed by atoms with Crippen molar-refractivity contribution in [3.8, 4) is 0 Å². The normalized spacial score (nSPS) is 14.3. The fourth-order valence-electron chi connectivity index (χ4n) is 2.74. The molecule has 1 fully saturated rings. The SMILES string of the molecule is O=C(CSCc1ccc(Br)cc1)NCc1ccc(N2CCOCC2)cc1. The maximum absolute atomic E-state index is 12.0. The summed E-state index contributed by atoms with van der Waals surface area (Å²) in [6.07, 6.45) is 0. The molecule has 0 saturated carbocycles. The molecule has 1 aliphatic rings. The van der Waals surface area contributed by atoms with Crippen molar-refractivity contribution in [2.24, 2.45) is 0 Å². The molecule has 2 aromatic carbocycles. The molecule has 26 heavy (non-hydrogen) atoms. The molecule has 0 bridgehead atoms. The van der Waals surface area contributed by atoms with E-state index in [0.717, 1.165) is 42.1 Å². The zero-order valence-corrected chi connectivity index (χ0v) is 17.0. The highest BCUT2D eigenvalue weighted by atomic mass is 79.9. The zero-order valence-electron chi connectivity index (χ0n) is 14.6. The first-order valence-electron chi connectivity index (χ1n) is 8.71. The van der Waals surface area contributed by atoms with Gasteiger partial charge in [0.1, 0.15) is 0 Å². The van der Waals surface area contributed by atoms with Crippen molar-refractivity contribution in [3.05, 3.63) is 64.1 Å². The van der Waals surface area contributed by atoms with Crippen LogP contribution in [0.3, 0.4) is 0 Å². The van der Waals surface area contributed by atoms with Crippen LogP contribution < -0.4 is 10.2 Å². The number of halogens is 1. The summed E-state index contributed by atoms with van der Waals surface area (Å²) in [5, 5.41) is 2.99. The van der Waals surface area contributed by atoms with Gasteiger partial charge in [0, 0.05) is 35.5 Å². The number of amides is 1. The predicted molar refractivity (Wildman–Crippen MR) is 112 cm³/mol. The molecule has 2 aromatic rings. The molecule has 0 unspecified atom stereocenters. The minimum Gasteiger partial charge on any atom is -0.378 e. The second-order valence-electron chi connectivity index (χ2n) is 6.16. The van der Waals surface area contributed by atoms with Gasteiger partial charge in [-0.25, -0.2) is 0 Å². The summed E-state index contributed by atoms with van der Waals surface area (Å²) in [7, 11) is 0. The van der Waals surface area contributed by atoms with Gasteiger partial charge in [-0.15, -0.1) is 11.8 Å². The molecular formula is C20H23BrN2O2S. The molecule has 0 radical (unpaired) electrons. The highest BCUT2D eigenvalue weighted by molar-refractivity contribution is 9.10. The van der Waals surface area contributed by atoms with E-state index in [2.05, 4.69) is 62.5 Å². The molecule has 6 heteroatoms. The van der Waals surface area contributed by atoms with E-state index >= 15 is 0 Å². The third kappa shape index (κ3) is 6.04. The van der Waals surface area contributed by atoms with E-state index in [9.17, 15) is 4.79 Å². The van der Waals surface area contributed by atoms with E-state index in [0.29, 0.717) is 12.3 Å². The molecular weight excluding hydrogens is 412 g/mol. The number of carbonyl (C=O) groups excluding carboxylic acids is 1. The van der Waals surface area contributed by atoms with Crippen molar-refractivity contribution in [2.45, 2.75) is 12.3 Å². The molecule has 138 valence electrons. The van der Waals surface area contributed by atoms with Crippen LogP contribution in [0.15, 0.2) is 53.0 Å². The lowest BCUT2D eigenvalue weighted by Gasteiger charge is -2.28. The number of anilines is 1. The van der Waals surface area contributed by atoms with E-state index < -0.39 is 0 Å². The number of carbonyl (C=O) groups is 1. The standard InChI is InChI=1S/C20H23BrN2O2S/c21-18-5-1-17(2-6-18)14-26-15-20(24)22-13-16-3-7-19(8-4-16)23-9-11-25-12-10-23/h1-8H,9-15H2,(H,22,24). The average Bonchev–Trinajstić information content (AvgIpc) is 2.69. The van der Waals surface area contributed by atoms with Crippen molar-refractivity contribution in [3.63, 3.8) is 0 Å². The number of hydrogen-bond donors (Lipinski definition) is 1. The van der Waals surface area contributed by atoms with E-state index in [1.54, 1.807) is 11.8 Å². The molecule has 3 rings (SSSR count). The largest absolute Gasteiger partial charge is 0.378 e. The fraction of sp³-hybridized carbons (Fsp3) is 0.350. The number of benzene rings is 2. The second-order valence-corrected chi connectivity index (χ2v) is 8.06. The number of morpholine rings is 1. The van der Waals surface area contributed by atoms with Gasteiger partial charge in [0.05, 0.1) is 19.0 Å². The number of nitrogens with one attached hydrogen (secondary N) is 1. The molecule has 1 N–H and O–H groups in total. The first kappa shape index (κ1) is 19.3. The second kappa shape index (κ2) is 10.00. The fourth-order valence-corrected chi connectivity index (χ4v) is 3.82. The third-order valence-electron chi connectivity index (χ3n) is 4.22. The van der Waals surface area contributed by atoms with Gasteiger partial charge >= 0.3 is 0 Å². The van der Waals surface area contributed by atoms with Gasteiger partial charge in [0.2, 0.25) is 5.91 Å². The number of thioether (sulfide) groups is 1. The number of rotatable bonds is 7. The lowest BCUT2D eigenvalue weighted by atomic mass is 10.2. The van der Waals surface area contributed by atoms with Crippen LogP contribution in [0.1, 0.15) is 11.1 Å². The Morgan fingerprint density at radius 1 is 1.04 bits per heavy atom. The van der Waals surface area contributed by atoms with Crippen molar-refractivity contribution in [2.75, 3.05) is 37.0 Å². The van der Waals surface area contributed by atoms with Crippen LogP contribution >= 0.6 is 27.7 Å². The average molecular weight is 435 g/mol. The van der Waals surface area contributed by atoms with Gasteiger partial charge in [-0.05, 0) is 35.4 Å². The van der Waals surface area contributed by atoms with E-state index in [1.165, 1.54) is 11.3 Å².